The standard InChI is InChI=1S/C19H28N4O2/c1-15(2)19-20-7-10-23(19)13-16-5-8-22(9-6-16)14-18(24)21-12-17-4-3-11-25-17/h3-4,7,10-11,15-16H,5-6,8-9,12-14H2,1-2H3,(H,21,24). The Balaban J connectivity index is 1.39. The van der Waals surface area contributed by atoms with Crippen LogP contribution in [0.3, 0.4) is 0 Å². The van der Waals surface area contributed by atoms with Gasteiger partial charge in [-0.25, -0.2) is 4.98 Å². The Labute approximate surface area is 149 Å². The van der Waals surface area contributed by atoms with Crippen LogP contribution in [0, 0.1) is 5.92 Å². The Bertz CT molecular complexity index is 655. The van der Waals surface area contributed by atoms with Crippen LogP contribution in [-0.4, -0.2) is 40.0 Å². The van der Waals surface area contributed by atoms with E-state index in [1.807, 2.05) is 18.3 Å². The molecule has 25 heavy (non-hydrogen) atoms. The lowest BCUT2D eigenvalue weighted by molar-refractivity contribution is -0.122. The van der Waals surface area contributed by atoms with Crippen LogP contribution in [0.25, 0.3) is 0 Å². The van der Waals surface area contributed by atoms with Gasteiger partial charge in [0.15, 0.2) is 0 Å². The monoisotopic (exact) mass is 344 g/mol. The summed E-state index contributed by atoms with van der Waals surface area (Å²) in [4.78, 5) is 18.8. The van der Waals surface area contributed by atoms with Gasteiger partial charge in [0.05, 0.1) is 19.4 Å². The number of rotatable bonds is 7. The molecule has 1 aliphatic rings. The Hall–Kier alpha value is -2.08. The fourth-order valence-electron chi connectivity index (χ4n) is 3.44. The smallest absolute Gasteiger partial charge is 0.234 e. The first-order valence-corrected chi connectivity index (χ1v) is 9.14. The molecule has 0 atom stereocenters. The molecule has 0 saturated carbocycles. The molecule has 3 rings (SSSR count). The van der Waals surface area contributed by atoms with Gasteiger partial charge >= 0.3 is 0 Å². The van der Waals surface area contributed by atoms with Crippen molar-refractivity contribution in [3.8, 4) is 0 Å². The summed E-state index contributed by atoms with van der Waals surface area (Å²) in [7, 11) is 0. The molecular formula is C19H28N4O2. The summed E-state index contributed by atoms with van der Waals surface area (Å²) in [6.45, 7) is 8.28. The molecule has 0 spiro atoms. The fourth-order valence-corrected chi connectivity index (χ4v) is 3.44. The molecule has 1 aliphatic heterocycles. The van der Waals surface area contributed by atoms with Crippen molar-refractivity contribution in [2.75, 3.05) is 19.6 Å². The summed E-state index contributed by atoms with van der Waals surface area (Å²) < 4.78 is 7.52. The number of likely N-dealkylation sites (tertiary alicyclic amines) is 1. The van der Waals surface area contributed by atoms with Gasteiger partial charge in [-0.3, -0.25) is 9.69 Å². The highest BCUT2D eigenvalue weighted by atomic mass is 16.3. The number of carbonyl (C=O) groups excluding carboxylic acids is 1. The number of carbonyl (C=O) groups is 1. The summed E-state index contributed by atoms with van der Waals surface area (Å²) in [5, 5.41) is 2.91. The van der Waals surface area contributed by atoms with E-state index < -0.39 is 0 Å². The summed E-state index contributed by atoms with van der Waals surface area (Å²) in [6.07, 6.45) is 7.86. The molecule has 1 N–H and O–H groups in total. The Morgan fingerprint density at radius 3 is 2.88 bits per heavy atom. The van der Waals surface area contributed by atoms with Crippen LogP contribution in [-0.2, 0) is 17.9 Å². The van der Waals surface area contributed by atoms with Crippen molar-refractivity contribution in [1.29, 1.82) is 0 Å². The quantitative estimate of drug-likeness (QED) is 0.839. The molecule has 1 fully saturated rings. The largest absolute Gasteiger partial charge is 0.467 e. The number of furan rings is 1. The zero-order valence-corrected chi connectivity index (χ0v) is 15.1. The van der Waals surface area contributed by atoms with Crippen molar-refractivity contribution in [3.63, 3.8) is 0 Å². The van der Waals surface area contributed by atoms with Crippen LogP contribution < -0.4 is 5.32 Å². The molecule has 0 aromatic carbocycles. The lowest BCUT2D eigenvalue weighted by atomic mass is 9.96. The number of hydrogen-bond donors (Lipinski definition) is 1. The van der Waals surface area contributed by atoms with Crippen molar-refractivity contribution in [2.24, 2.45) is 5.92 Å². The molecule has 0 aliphatic carbocycles. The molecule has 1 saturated heterocycles. The summed E-state index contributed by atoms with van der Waals surface area (Å²) in [5.74, 6) is 3.13. The number of nitrogens with zero attached hydrogens (tertiary/aromatic N) is 3. The van der Waals surface area contributed by atoms with Crippen molar-refractivity contribution < 1.29 is 9.21 Å². The average molecular weight is 344 g/mol. The molecule has 6 nitrogen and oxygen atoms in total. The van der Waals surface area contributed by atoms with Crippen molar-refractivity contribution in [1.82, 2.24) is 19.8 Å². The third-order valence-electron chi connectivity index (χ3n) is 4.83. The zero-order chi connectivity index (χ0) is 17.6. The molecule has 2 aromatic rings. The molecule has 2 aromatic heterocycles. The van der Waals surface area contributed by atoms with Crippen LogP contribution in [0.15, 0.2) is 35.2 Å². The number of aromatic nitrogens is 2. The van der Waals surface area contributed by atoms with Crippen LogP contribution in [0.4, 0.5) is 0 Å². The second-order valence-electron chi connectivity index (χ2n) is 7.17. The zero-order valence-electron chi connectivity index (χ0n) is 15.1. The van der Waals surface area contributed by atoms with Gasteiger partial charge in [0.1, 0.15) is 11.6 Å². The minimum absolute atomic E-state index is 0.0616. The predicted molar refractivity (Wildman–Crippen MR) is 96.0 cm³/mol. The molecule has 3 heterocycles. The molecule has 0 unspecified atom stereocenters. The maximum atomic E-state index is 12.1. The number of imidazole rings is 1. The fraction of sp³-hybridized carbons (Fsp3) is 0.579. The number of piperidine rings is 1. The minimum atomic E-state index is 0.0616. The molecule has 0 radical (unpaired) electrons. The normalized spacial score (nSPS) is 16.4. The maximum absolute atomic E-state index is 12.1. The van der Waals surface area contributed by atoms with Crippen LogP contribution in [0.5, 0.6) is 0 Å². The van der Waals surface area contributed by atoms with Crippen molar-refractivity contribution in [3.05, 3.63) is 42.4 Å². The van der Waals surface area contributed by atoms with Gasteiger partial charge in [-0.2, -0.15) is 0 Å². The molecule has 0 bridgehead atoms. The lowest BCUT2D eigenvalue weighted by Crippen LogP contribution is -2.41. The molecular weight excluding hydrogens is 316 g/mol. The first kappa shape index (κ1) is 17.7. The van der Waals surface area contributed by atoms with Crippen molar-refractivity contribution in [2.45, 2.75) is 45.7 Å². The topological polar surface area (TPSA) is 63.3 Å². The Morgan fingerprint density at radius 2 is 2.20 bits per heavy atom. The van der Waals surface area contributed by atoms with Crippen LogP contribution in [0.2, 0.25) is 0 Å². The summed E-state index contributed by atoms with van der Waals surface area (Å²) >= 11 is 0. The number of nitrogens with one attached hydrogen (secondary N) is 1. The number of amides is 1. The van der Waals surface area contributed by atoms with Gasteiger partial charge in [-0.15, -0.1) is 0 Å². The molecule has 6 heteroatoms. The second kappa shape index (κ2) is 8.34. The van der Waals surface area contributed by atoms with E-state index in [1.54, 1.807) is 6.26 Å². The third-order valence-corrected chi connectivity index (χ3v) is 4.83. The van der Waals surface area contributed by atoms with E-state index in [2.05, 4.69) is 39.8 Å². The van der Waals surface area contributed by atoms with E-state index in [4.69, 9.17) is 4.42 Å². The highest BCUT2D eigenvalue weighted by molar-refractivity contribution is 5.77. The summed E-state index contributed by atoms with van der Waals surface area (Å²) in [6, 6.07) is 3.70. The molecule has 136 valence electrons. The Kier molecular flexibility index (Phi) is 5.91. The van der Waals surface area contributed by atoms with Gasteiger partial charge in [-0.1, -0.05) is 13.8 Å². The first-order chi connectivity index (χ1) is 12.1. The Morgan fingerprint density at radius 1 is 1.40 bits per heavy atom. The van der Waals surface area contributed by atoms with E-state index >= 15 is 0 Å². The van der Waals surface area contributed by atoms with Gasteiger partial charge in [0.2, 0.25) is 5.91 Å². The maximum Gasteiger partial charge on any atom is 0.234 e. The van der Waals surface area contributed by atoms with E-state index in [0.29, 0.717) is 24.9 Å². The van der Waals surface area contributed by atoms with Gasteiger partial charge < -0.3 is 14.3 Å². The van der Waals surface area contributed by atoms with Gasteiger partial charge in [-0.05, 0) is 44.0 Å². The van der Waals surface area contributed by atoms with Crippen molar-refractivity contribution >= 4 is 5.91 Å². The second-order valence-corrected chi connectivity index (χ2v) is 7.17. The highest BCUT2D eigenvalue weighted by Gasteiger charge is 2.22. The average Bonchev–Trinajstić information content (AvgIpc) is 3.26. The lowest BCUT2D eigenvalue weighted by Gasteiger charge is -2.32. The summed E-state index contributed by atoms with van der Waals surface area (Å²) in [5.41, 5.74) is 0. The highest BCUT2D eigenvalue weighted by Crippen LogP contribution is 2.21. The molecule has 1 amide bonds. The van der Waals surface area contributed by atoms with E-state index in [9.17, 15) is 4.79 Å². The third kappa shape index (κ3) is 4.95. The van der Waals surface area contributed by atoms with Crippen LogP contribution >= 0.6 is 0 Å². The number of hydrogen-bond acceptors (Lipinski definition) is 4. The minimum Gasteiger partial charge on any atom is -0.467 e. The van der Waals surface area contributed by atoms with Gasteiger partial charge in [0.25, 0.3) is 0 Å². The SMILES string of the molecule is CC(C)c1nccn1CC1CCN(CC(=O)NCc2ccco2)CC1. The van der Waals surface area contributed by atoms with E-state index in [-0.39, 0.29) is 5.91 Å². The van der Waals surface area contributed by atoms with Gasteiger partial charge in [0, 0.05) is 24.9 Å². The first-order valence-electron chi connectivity index (χ1n) is 9.14. The predicted octanol–water partition coefficient (Wildman–Crippen LogP) is 2.63. The van der Waals surface area contributed by atoms with Crippen LogP contribution in [0.1, 0.15) is 44.2 Å². The van der Waals surface area contributed by atoms with E-state index in [1.165, 1.54) is 5.82 Å². The van der Waals surface area contributed by atoms with E-state index in [0.717, 1.165) is 38.2 Å².